The molecule has 0 radical (unpaired) electrons. The maximum atomic E-state index is 15.2. The first-order valence-corrected chi connectivity index (χ1v) is 16.8. The summed E-state index contributed by atoms with van der Waals surface area (Å²) in [6.45, 7) is 0. The first-order valence-electron chi connectivity index (χ1n) is 15.2. The largest absolute Gasteiger partial charge is 0.496 e. The molecular formula is C36H28F10O8S. The van der Waals surface area contributed by atoms with Crippen LogP contribution in [0.4, 0.5) is 43.9 Å². The van der Waals surface area contributed by atoms with Gasteiger partial charge >= 0.3 is 0 Å². The van der Waals surface area contributed by atoms with E-state index in [-0.39, 0.29) is 46.6 Å². The van der Waals surface area contributed by atoms with Gasteiger partial charge in [-0.3, -0.25) is 0 Å². The minimum Gasteiger partial charge on any atom is -0.496 e. The normalized spacial score (nSPS) is 12.9. The van der Waals surface area contributed by atoms with E-state index in [4.69, 9.17) is 28.4 Å². The van der Waals surface area contributed by atoms with Crippen molar-refractivity contribution in [2.45, 2.75) is 10.5 Å². The van der Waals surface area contributed by atoms with Crippen molar-refractivity contribution in [3.8, 4) is 34.5 Å². The SMILES string of the molecule is COc1cc(OC)c(C(/C=C\c2c(F)c(F)c(F)c(F)c2F)S(=O)(=O)C(/C=C\c2c(F)c(F)c(F)c(F)c2F)c2c(OC)cc(OC)cc2OC)c(OC)c1. The van der Waals surface area contributed by atoms with Crippen LogP contribution < -0.4 is 28.4 Å². The van der Waals surface area contributed by atoms with Gasteiger partial charge in [0.2, 0.25) is 11.6 Å². The fraction of sp³-hybridized carbons (Fsp3) is 0.222. The molecule has 8 nitrogen and oxygen atoms in total. The molecule has 2 unspecified atom stereocenters. The standard InChI is InChI=1S/C36H28F10O8S/c1-49-15-11-19(51-3)25(20(12-15)52-4)23(9-7-17-27(37)31(41)35(45)32(42)28(17)38)55(47,48)24(26-21(53-5)13-16(50-2)14-22(26)54-6)10-8-18-29(39)33(43)36(46)34(44)30(18)40/h7-14,23-24H,1-6H3/b9-7-,10-8-. The summed E-state index contributed by atoms with van der Waals surface area (Å²) in [6.07, 6.45) is 1.49. The highest BCUT2D eigenvalue weighted by atomic mass is 32.2. The number of sulfone groups is 1. The minimum atomic E-state index is -5.38. The predicted molar refractivity (Wildman–Crippen MR) is 177 cm³/mol. The van der Waals surface area contributed by atoms with E-state index in [1.807, 2.05) is 0 Å². The van der Waals surface area contributed by atoms with Crippen LogP contribution in [-0.4, -0.2) is 51.1 Å². The molecule has 0 heterocycles. The summed E-state index contributed by atoms with van der Waals surface area (Å²) in [4.78, 5) is 0. The van der Waals surface area contributed by atoms with Crippen LogP contribution in [0.2, 0.25) is 0 Å². The molecule has 55 heavy (non-hydrogen) atoms. The molecule has 0 aliphatic heterocycles. The highest BCUT2D eigenvalue weighted by Gasteiger charge is 2.41. The minimum absolute atomic E-state index is 0.0126. The summed E-state index contributed by atoms with van der Waals surface area (Å²) in [5.74, 6) is -25.3. The number of methoxy groups -OCH3 is 6. The monoisotopic (exact) mass is 810 g/mol. The Bertz CT molecular complexity index is 2040. The van der Waals surface area contributed by atoms with Gasteiger partial charge in [0.1, 0.15) is 45.0 Å². The highest BCUT2D eigenvalue weighted by Crippen LogP contribution is 2.50. The topological polar surface area (TPSA) is 89.5 Å². The third-order valence-electron chi connectivity index (χ3n) is 8.15. The van der Waals surface area contributed by atoms with Gasteiger partial charge in [0.25, 0.3) is 0 Å². The molecule has 0 fully saturated rings. The van der Waals surface area contributed by atoms with Gasteiger partial charge in [-0.1, -0.05) is 24.3 Å². The van der Waals surface area contributed by atoms with Crippen molar-refractivity contribution in [1.82, 2.24) is 0 Å². The Kier molecular flexibility index (Phi) is 12.9. The van der Waals surface area contributed by atoms with E-state index in [2.05, 4.69) is 0 Å². The Morgan fingerprint density at radius 1 is 0.418 bits per heavy atom. The number of halogens is 10. The molecule has 4 aromatic rings. The number of hydrogen-bond acceptors (Lipinski definition) is 8. The summed E-state index contributed by atoms with van der Waals surface area (Å²) >= 11 is 0. The molecule has 2 atom stereocenters. The number of benzene rings is 4. The van der Waals surface area contributed by atoms with E-state index in [0.717, 1.165) is 52.7 Å². The third-order valence-corrected chi connectivity index (χ3v) is 10.3. The Hall–Kier alpha value is -5.59. The van der Waals surface area contributed by atoms with Crippen LogP contribution in [0.25, 0.3) is 12.2 Å². The molecule has 0 aliphatic carbocycles. The number of hydrogen-bond donors (Lipinski definition) is 0. The maximum absolute atomic E-state index is 15.2. The Balaban J connectivity index is 2.20. The molecule has 0 spiro atoms. The molecule has 0 bridgehead atoms. The Morgan fingerprint density at radius 2 is 0.655 bits per heavy atom. The maximum Gasteiger partial charge on any atom is 0.200 e. The first kappa shape index (κ1) is 42.2. The smallest absolute Gasteiger partial charge is 0.200 e. The van der Waals surface area contributed by atoms with Crippen LogP contribution in [-0.2, 0) is 9.84 Å². The van der Waals surface area contributed by atoms with Gasteiger partial charge in [0.05, 0.1) is 64.9 Å². The lowest BCUT2D eigenvalue weighted by Gasteiger charge is -2.27. The van der Waals surface area contributed by atoms with E-state index in [9.17, 15) is 43.9 Å². The van der Waals surface area contributed by atoms with E-state index in [1.54, 1.807) is 0 Å². The molecule has 0 aromatic heterocycles. The third kappa shape index (κ3) is 7.69. The van der Waals surface area contributed by atoms with Crippen LogP contribution in [0, 0.1) is 58.2 Å². The van der Waals surface area contributed by atoms with Gasteiger partial charge in [-0.15, -0.1) is 0 Å². The van der Waals surface area contributed by atoms with E-state index < -0.39 is 101 Å². The van der Waals surface area contributed by atoms with Gasteiger partial charge < -0.3 is 28.4 Å². The lowest BCUT2D eigenvalue weighted by atomic mass is 10.1. The van der Waals surface area contributed by atoms with Crippen LogP contribution in [0.1, 0.15) is 32.8 Å². The second kappa shape index (κ2) is 16.8. The highest BCUT2D eigenvalue weighted by molar-refractivity contribution is 7.92. The number of ether oxygens (including phenoxy) is 6. The van der Waals surface area contributed by atoms with Crippen molar-refractivity contribution < 1.29 is 80.7 Å². The van der Waals surface area contributed by atoms with Gasteiger partial charge in [-0.25, -0.2) is 52.3 Å². The zero-order valence-corrected chi connectivity index (χ0v) is 30.0. The summed E-state index contributed by atoms with van der Waals surface area (Å²) < 4.78 is 207. The summed E-state index contributed by atoms with van der Waals surface area (Å²) in [6, 6.07) is 4.56. The van der Waals surface area contributed by atoms with E-state index in [1.165, 1.54) is 14.2 Å². The fourth-order valence-electron chi connectivity index (χ4n) is 5.43. The van der Waals surface area contributed by atoms with Crippen LogP contribution in [0.5, 0.6) is 34.5 Å². The van der Waals surface area contributed by atoms with Crippen molar-refractivity contribution in [3.05, 3.63) is 117 Å². The molecule has 0 saturated heterocycles. The molecule has 0 saturated carbocycles. The number of rotatable bonds is 14. The lowest BCUT2D eigenvalue weighted by molar-refractivity contribution is 0.368. The van der Waals surface area contributed by atoms with Crippen LogP contribution in [0.3, 0.4) is 0 Å². The zero-order valence-electron chi connectivity index (χ0n) is 29.2. The summed E-state index contributed by atoms with van der Waals surface area (Å²) in [5, 5.41) is -4.72. The van der Waals surface area contributed by atoms with Crippen LogP contribution >= 0.6 is 0 Å². The average molecular weight is 811 g/mol. The van der Waals surface area contributed by atoms with Crippen molar-refractivity contribution in [2.75, 3.05) is 42.7 Å². The van der Waals surface area contributed by atoms with Gasteiger partial charge in [-0.05, 0) is 0 Å². The zero-order chi connectivity index (χ0) is 41.1. The molecule has 4 rings (SSSR count). The quantitative estimate of drug-likeness (QED) is 0.0710. The van der Waals surface area contributed by atoms with Gasteiger partial charge in [-0.2, -0.15) is 0 Å². The summed E-state index contributed by atoms with van der Waals surface area (Å²) in [5.41, 5.74) is -4.16. The molecule has 0 N–H and O–H groups in total. The molecule has 0 aliphatic rings. The van der Waals surface area contributed by atoms with E-state index in [0.29, 0.717) is 12.2 Å². The average Bonchev–Trinajstić information content (AvgIpc) is 3.19. The molecule has 4 aromatic carbocycles. The predicted octanol–water partition coefficient (Wildman–Crippen LogP) is 8.75. The first-order chi connectivity index (χ1) is 25.9. The fourth-order valence-corrected chi connectivity index (χ4v) is 7.46. The van der Waals surface area contributed by atoms with Crippen molar-refractivity contribution >= 4 is 22.0 Å². The van der Waals surface area contributed by atoms with E-state index >= 15 is 8.42 Å². The molecule has 19 heteroatoms. The Morgan fingerprint density at radius 3 is 0.873 bits per heavy atom. The molecule has 296 valence electrons. The summed E-state index contributed by atoms with van der Waals surface area (Å²) in [7, 11) is 1.30. The Labute approximate surface area is 307 Å². The van der Waals surface area contributed by atoms with Gasteiger partial charge in [0.15, 0.2) is 56.4 Å². The second-order valence-corrected chi connectivity index (χ2v) is 13.2. The van der Waals surface area contributed by atoms with Crippen LogP contribution in [0.15, 0.2) is 36.4 Å². The van der Waals surface area contributed by atoms with Crippen molar-refractivity contribution in [2.24, 2.45) is 0 Å². The van der Waals surface area contributed by atoms with Crippen molar-refractivity contribution in [3.63, 3.8) is 0 Å². The molecule has 0 amide bonds. The van der Waals surface area contributed by atoms with Gasteiger partial charge in [0, 0.05) is 24.3 Å². The lowest BCUT2D eigenvalue weighted by Crippen LogP contribution is -2.21. The second-order valence-electron chi connectivity index (χ2n) is 11.0. The molecular weight excluding hydrogens is 782 g/mol. The van der Waals surface area contributed by atoms with Crippen molar-refractivity contribution in [1.29, 1.82) is 0 Å².